The highest BCUT2D eigenvalue weighted by Crippen LogP contribution is 2.50. The molecule has 5 aliphatic heterocycles. The number of rotatable bonds is 7. The standard InChI is InChI=1S/C34H34F2N8O3S/c35-23-9-40-28(25-20(6-37)31(38)48-30(23)25)24-21-12-45-13-22(21)26-29(27(24)36)41-33(42-32(26)44-16-1-2-17(44)8-39-7-16)47-15-34(3-4-34)14-43-10-19-5-18(43)11-46-19/h9,16-19,39H,1-5,7-8,10-15,38H2/t16?,17?,18-,19-/m1/s1. The number of nitrogens with two attached hydrogens (primary N) is 1. The van der Waals surface area contributed by atoms with Gasteiger partial charge in [0.2, 0.25) is 0 Å². The minimum atomic E-state index is -0.617. The highest BCUT2D eigenvalue weighted by Gasteiger charge is 2.49. The smallest absolute Gasteiger partial charge is 0.319 e. The number of fused-ring (bicyclic) bond motifs is 8. The predicted octanol–water partition coefficient (Wildman–Crippen LogP) is 4.24. The van der Waals surface area contributed by atoms with Crippen LogP contribution in [0, 0.1) is 28.4 Å². The third kappa shape index (κ3) is 4.31. The van der Waals surface area contributed by atoms with E-state index in [1.807, 2.05) is 0 Å². The van der Waals surface area contributed by atoms with Crippen molar-refractivity contribution in [2.24, 2.45) is 5.41 Å². The number of thiophene rings is 1. The molecule has 5 fully saturated rings. The Morgan fingerprint density at radius 3 is 2.67 bits per heavy atom. The lowest BCUT2D eigenvalue weighted by molar-refractivity contribution is 0.0176. The molecule has 4 atom stereocenters. The summed E-state index contributed by atoms with van der Waals surface area (Å²) in [5, 5.41) is 14.5. The fourth-order valence-corrected chi connectivity index (χ4v) is 9.77. The molecule has 2 unspecified atom stereocenters. The molecule has 14 heteroatoms. The van der Waals surface area contributed by atoms with Crippen molar-refractivity contribution >= 4 is 43.1 Å². The molecular weight excluding hydrogens is 638 g/mol. The molecule has 0 radical (unpaired) electrons. The minimum absolute atomic E-state index is 0.0166. The fraction of sp³-hybridized carbons (Fsp3) is 0.529. The lowest BCUT2D eigenvalue weighted by Crippen LogP contribution is -2.52. The van der Waals surface area contributed by atoms with Crippen molar-refractivity contribution < 1.29 is 23.0 Å². The van der Waals surface area contributed by atoms with Gasteiger partial charge in [-0.2, -0.15) is 15.2 Å². The first-order valence-electron chi connectivity index (χ1n) is 16.8. The Morgan fingerprint density at radius 2 is 1.94 bits per heavy atom. The van der Waals surface area contributed by atoms with Crippen molar-refractivity contribution in [2.75, 3.05) is 50.0 Å². The number of anilines is 2. The molecule has 11 nitrogen and oxygen atoms in total. The van der Waals surface area contributed by atoms with Crippen molar-refractivity contribution in [2.45, 2.75) is 69.5 Å². The maximum Gasteiger partial charge on any atom is 0.319 e. The summed E-state index contributed by atoms with van der Waals surface area (Å²) in [5.41, 5.74) is 8.06. The number of nitrogens with zero attached hydrogens (tertiary/aromatic N) is 6. The van der Waals surface area contributed by atoms with Gasteiger partial charge >= 0.3 is 6.01 Å². The molecule has 6 aliphatic rings. The maximum atomic E-state index is 17.4. The molecule has 4 aromatic rings. The van der Waals surface area contributed by atoms with Gasteiger partial charge in [0.25, 0.3) is 0 Å². The second-order valence-corrected chi connectivity index (χ2v) is 15.4. The lowest BCUT2D eigenvalue weighted by atomic mass is 9.93. The monoisotopic (exact) mass is 672 g/mol. The summed E-state index contributed by atoms with van der Waals surface area (Å²) in [4.78, 5) is 19.1. The van der Waals surface area contributed by atoms with E-state index in [4.69, 9.17) is 29.9 Å². The van der Waals surface area contributed by atoms with Gasteiger partial charge in [0.1, 0.15) is 22.4 Å². The number of aromatic nitrogens is 3. The van der Waals surface area contributed by atoms with Gasteiger partial charge in [0.05, 0.1) is 60.1 Å². The van der Waals surface area contributed by atoms with Crippen LogP contribution >= 0.6 is 11.3 Å². The van der Waals surface area contributed by atoms with Crippen molar-refractivity contribution in [3.05, 3.63) is 34.5 Å². The average Bonchev–Trinajstić information content (AvgIpc) is 3.58. The van der Waals surface area contributed by atoms with E-state index in [0.717, 1.165) is 88.0 Å². The van der Waals surface area contributed by atoms with E-state index in [2.05, 4.69) is 26.2 Å². The SMILES string of the molecule is N#Cc1c(N)sc2c(F)cnc(-c3c4c(c5c(N6C7CCC6CNC7)nc(OCC6(CN7C[C@H]8C[C@@H]7CO8)CC6)nc5c3F)COC4)c12. The average molecular weight is 673 g/mol. The Labute approximate surface area is 279 Å². The van der Waals surface area contributed by atoms with Crippen LogP contribution in [0.5, 0.6) is 6.01 Å². The maximum absolute atomic E-state index is 17.4. The van der Waals surface area contributed by atoms with Gasteiger partial charge in [-0.25, -0.2) is 8.78 Å². The van der Waals surface area contributed by atoms with Crippen LogP contribution in [0.25, 0.3) is 32.2 Å². The zero-order chi connectivity index (χ0) is 32.3. The largest absolute Gasteiger partial charge is 0.463 e. The molecular formula is C34H34F2N8O3S. The number of ether oxygens (including phenoxy) is 3. The Bertz CT molecular complexity index is 2050. The number of morpholine rings is 1. The third-order valence-electron chi connectivity index (χ3n) is 11.4. The number of hydrogen-bond acceptors (Lipinski definition) is 12. The summed E-state index contributed by atoms with van der Waals surface area (Å²) in [6.45, 7) is 5.16. The van der Waals surface area contributed by atoms with Crippen LogP contribution in [-0.4, -0.2) is 83.5 Å². The van der Waals surface area contributed by atoms with Gasteiger partial charge in [0, 0.05) is 60.7 Å². The number of nitrogens with one attached hydrogen (secondary N) is 1. The number of nitrogen functional groups attached to an aromatic ring is 1. The van der Waals surface area contributed by atoms with Crippen LogP contribution in [0.2, 0.25) is 0 Å². The number of halogens is 2. The highest BCUT2D eigenvalue weighted by atomic mass is 32.1. The second-order valence-electron chi connectivity index (χ2n) is 14.3. The first kappa shape index (κ1) is 29.2. The number of piperazine rings is 1. The lowest BCUT2D eigenvalue weighted by Gasteiger charge is -2.37. The molecule has 1 aromatic carbocycles. The van der Waals surface area contributed by atoms with Crippen LogP contribution < -0.4 is 20.7 Å². The first-order valence-corrected chi connectivity index (χ1v) is 17.6. The Morgan fingerprint density at radius 1 is 1.12 bits per heavy atom. The van der Waals surface area contributed by atoms with E-state index in [0.29, 0.717) is 35.5 Å². The summed E-state index contributed by atoms with van der Waals surface area (Å²) in [7, 11) is 0. The van der Waals surface area contributed by atoms with Crippen LogP contribution in [0.15, 0.2) is 6.20 Å². The molecule has 0 spiro atoms. The van der Waals surface area contributed by atoms with Crippen LogP contribution in [0.4, 0.5) is 19.6 Å². The molecule has 3 aromatic heterocycles. The third-order valence-corrected chi connectivity index (χ3v) is 12.5. The van der Waals surface area contributed by atoms with E-state index in [9.17, 15) is 9.65 Å². The first-order chi connectivity index (χ1) is 23.4. The molecule has 0 amide bonds. The van der Waals surface area contributed by atoms with E-state index in [1.165, 1.54) is 0 Å². The molecule has 1 saturated carbocycles. The van der Waals surface area contributed by atoms with Crippen molar-refractivity contribution in [1.29, 1.82) is 5.26 Å². The summed E-state index contributed by atoms with van der Waals surface area (Å²) >= 11 is 0.960. The molecule has 8 heterocycles. The van der Waals surface area contributed by atoms with E-state index >= 15 is 4.39 Å². The van der Waals surface area contributed by atoms with E-state index < -0.39 is 11.6 Å². The Balaban J connectivity index is 1.13. The number of hydrogen-bond donors (Lipinski definition) is 2. The van der Waals surface area contributed by atoms with Crippen molar-refractivity contribution in [1.82, 2.24) is 25.2 Å². The van der Waals surface area contributed by atoms with E-state index in [-0.39, 0.29) is 74.1 Å². The molecule has 4 saturated heterocycles. The van der Waals surface area contributed by atoms with Gasteiger partial charge in [-0.05, 0) is 43.2 Å². The Kier molecular flexibility index (Phi) is 6.47. The molecule has 3 N–H and O–H groups in total. The summed E-state index contributed by atoms with van der Waals surface area (Å²) in [6.07, 6.45) is 6.64. The second kappa shape index (κ2) is 10.6. The zero-order valence-electron chi connectivity index (χ0n) is 26.2. The van der Waals surface area contributed by atoms with Crippen LogP contribution in [-0.2, 0) is 22.7 Å². The van der Waals surface area contributed by atoms with Gasteiger partial charge in [0.15, 0.2) is 11.6 Å². The normalized spacial score (nSPS) is 26.9. The fourth-order valence-electron chi connectivity index (χ4n) is 8.85. The Hall–Kier alpha value is -3.74. The van der Waals surface area contributed by atoms with Crippen molar-refractivity contribution in [3.8, 4) is 23.3 Å². The summed E-state index contributed by atoms with van der Waals surface area (Å²) in [6, 6.07) is 3.13. The summed E-state index contributed by atoms with van der Waals surface area (Å²) in [5.74, 6) is -0.558. The molecule has 248 valence electrons. The minimum Gasteiger partial charge on any atom is -0.463 e. The van der Waals surface area contributed by atoms with E-state index in [1.54, 1.807) is 0 Å². The zero-order valence-corrected chi connectivity index (χ0v) is 27.0. The quantitative estimate of drug-likeness (QED) is 0.292. The van der Waals surface area contributed by atoms with Gasteiger partial charge < -0.3 is 30.2 Å². The number of nitriles is 1. The number of likely N-dealkylation sites (tertiary alicyclic amines) is 1. The van der Waals surface area contributed by atoms with Crippen LogP contribution in [0.3, 0.4) is 0 Å². The number of pyridine rings is 1. The topological polar surface area (TPSA) is 135 Å². The van der Waals surface area contributed by atoms with Gasteiger partial charge in [-0.1, -0.05) is 0 Å². The van der Waals surface area contributed by atoms with Crippen molar-refractivity contribution in [3.63, 3.8) is 0 Å². The van der Waals surface area contributed by atoms with Gasteiger partial charge in [-0.3, -0.25) is 9.88 Å². The summed E-state index contributed by atoms with van der Waals surface area (Å²) < 4.78 is 50.8. The predicted molar refractivity (Wildman–Crippen MR) is 175 cm³/mol. The molecule has 1 aliphatic carbocycles. The molecule has 10 rings (SSSR count). The van der Waals surface area contributed by atoms with Gasteiger partial charge in [-0.15, -0.1) is 11.3 Å². The molecule has 48 heavy (non-hydrogen) atoms. The molecule has 4 bridgehead atoms. The highest BCUT2D eigenvalue weighted by molar-refractivity contribution is 7.23. The van der Waals surface area contributed by atoms with Crippen LogP contribution in [0.1, 0.15) is 48.8 Å². The number of benzene rings is 1.